The van der Waals surface area contributed by atoms with E-state index in [4.69, 9.17) is 4.42 Å². The van der Waals surface area contributed by atoms with E-state index in [0.29, 0.717) is 18.6 Å². The molecule has 0 saturated carbocycles. The monoisotopic (exact) mass is 315 g/mol. The van der Waals surface area contributed by atoms with Crippen LogP contribution in [0.3, 0.4) is 0 Å². The molecular formula is C19H25NO3. The van der Waals surface area contributed by atoms with Crippen LogP contribution in [0.5, 0.6) is 0 Å². The molecule has 1 aromatic heterocycles. The first-order valence-electron chi connectivity index (χ1n) is 8.02. The highest BCUT2D eigenvalue weighted by molar-refractivity contribution is 5.76. The lowest BCUT2D eigenvalue weighted by atomic mass is 10.0. The Morgan fingerprint density at radius 3 is 2.74 bits per heavy atom. The van der Waals surface area contributed by atoms with Crippen LogP contribution in [0.2, 0.25) is 0 Å². The van der Waals surface area contributed by atoms with Crippen molar-refractivity contribution in [2.75, 3.05) is 0 Å². The summed E-state index contributed by atoms with van der Waals surface area (Å²) in [6.07, 6.45) is 2.45. The van der Waals surface area contributed by atoms with E-state index in [1.807, 2.05) is 6.92 Å². The van der Waals surface area contributed by atoms with Crippen molar-refractivity contribution in [2.24, 2.45) is 0 Å². The number of carbonyl (C=O) groups excluding carboxylic acids is 1. The van der Waals surface area contributed by atoms with Gasteiger partial charge in [0, 0.05) is 18.9 Å². The van der Waals surface area contributed by atoms with Crippen LogP contribution in [0.4, 0.5) is 0 Å². The van der Waals surface area contributed by atoms with E-state index in [9.17, 15) is 9.90 Å². The highest BCUT2D eigenvalue weighted by Crippen LogP contribution is 2.18. The molecule has 23 heavy (non-hydrogen) atoms. The average molecular weight is 315 g/mol. The number of hydrogen-bond donors (Lipinski definition) is 2. The van der Waals surface area contributed by atoms with Crippen LogP contribution in [0.1, 0.15) is 48.3 Å². The first-order valence-corrected chi connectivity index (χ1v) is 8.02. The number of aryl methyl sites for hydroxylation is 3. The fourth-order valence-corrected chi connectivity index (χ4v) is 2.71. The number of amides is 1. The van der Waals surface area contributed by atoms with Gasteiger partial charge in [-0.3, -0.25) is 4.79 Å². The van der Waals surface area contributed by atoms with E-state index in [-0.39, 0.29) is 11.9 Å². The predicted molar refractivity (Wildman–Crippen MR) is 90.1 cm³/mol. The second kappa shape index (κ2) is 7.97. The fraction of sp³-hybridized carbons (Fsp3) is 0.421. The van der Waals surface area contributed by atoms with Gasteiger partial charge in [0.15, 0.2) is 0 Å². The van der Waals surface area contributed by atoms with Gasteiger partial charge >= 0.3 is 0 Å². The molecule has 0 aliphatic carbocycles. The van der Waals surface area contributed by atoms with Crippen LogP contribution < -0.4 is 5.32 Å². The molecule has 4 heteroatoms. The molecule has 0 radical (unpaired) electrons. The number of furan rings is 1. The van der Waals surface area contributed by atoms with Crippen molar-refractivity contribution in [3.05, 3.63) is 59.0 Å². The van der Waals surface area contributed by atoms with Gasteiger partial charge in [-0.1, -0.05) is 23.8 Å². The molecule has 1 amide bonds. The number of nitrogens with one attached hydrogen (secondary N) is 1. The number of hydrogen-bond acceptors (Lipinski definition) is 3. The maximum Gasteiger partial charge on any atom is 0.220 e. The van der Waals surface area contributed by atoms with Crippen molar-refractivity contribution in [2.45, 2.75) is 52.2 Å². The van der Waals surface area contributed by atoms with Crippen molar-refractivity contribution in [1.82, 2.24) is 5.32 Å². The summed E-state index contributed by atoms with van der Waals surface area (Å²) in [5, 5.41) is 13.0. The summed E-state index contributed by atoms with van der Waals surface area (Å²) in [5.74, 6) is 0.533. The lowest BCUT2D eigenvalue weighted by Crippen LogP contribution is -2.33. The van der Waals surface area contributed by atoms with Crippen LogP contribution in [0.25, 0.3) is 0 Å². The number of rotatable bonds is 7. The zero-order valence-corrected chi connectivity index (χ0v) is 14.0. The third-order valence-electron chi connectivity index (χ3n) is 3.98. The molecule has 0 spiro atoms. The summed E-state index contributed by atoms with van der Waals surface area (Å²) in [7, 11) is 0. The SMILES string of the molecule is Cc1ccc(CCC(=O)NC(C)CC(O)c2ccco2)c(C)c1. The van der Waals surface area contributed by atoms with Crippen LogP contribution in [0.15, 0.2) is 41.0 Å². The third-order valence-corrected chi connectivity index (χ3v) is 3.98. The zero-order valence-electron chi connectivity index (χ0n) is 14.0. The van der Waals surface area contributed by atoms with Gasteiger partial charge in [0.25, 0.3) is 0 Å². The molecule has 0 aliphatic rings. The maximum atomic E-state index is 12.1. The summed E-state index contributed by atoms with van der Waals surface area (Å²) in [6, 6.07) is 9.66. The van der Waals surface area contributed by atoms with E-state index < -0.39 is 6.10 Å². The number of aliphatic hydroxyl groups is 1. The smallest absolute Gasteiger partial charge is 0.220 e. The number of benzene rings is 1. The highest BCUT2D eigenvalue weighted by Gasteiger charge is 2.16. The van der Waals surface area contributed by atoms with Crippen LogP contribution in [0, 0.1) is 13.8 Å². The van der Waals surface area contributed by atoms with Gasteiger partial charge in [-0.2, -0.15) is 0 Å². The van der Waals surface area contributed by atoms with E-state index in [1.54, 1.807) is 12.1 Å². The number of aliphatic hydroxyl groups excluding tert-OH is 1. The van der Waals surface area contributed by atoms with E-state index in [0.717, 1.165) is 6.42 Å². The summed E-state index contributed by atoms with van der Waals surface area (Å²) in [4.78, 5) is 12.1. The third kappa shape index (κ3) is 5.25. The van der Waals surface area contributed by atoms with E-state index >= 15 is 0 Å². The molecule has 124 valence electrons. The fourth-order valence-electron chi connectivity index (χ4n) is 2.71. The minimum Gasteiger partial charge on any atom is -0.467 e. The van der Waals surface area contributed by atoms with Gasteiger partial charge in [0.1, 0.15) is 11.9 Å². The molecular weight excluding hydrogens is 290 g/mol. The van der Waals surface area contributed by atoms with Crippen molar-refractivity contribution in [1.29, 1.82) is 0 Å². The maximum absolute atomic E-state index is 12.1. The second-order valence-corrected chi connectivity index (χ2v) is 6.17. The van der Waals surface area contributed by atoms with Crippen LogP contribution in [-0.4, -0.2) is 17.1 Å². The van der Waals surface area contributed by atoms with Crippen molar-refractivity contribution in [3.8, 4) is 0 Å². The zero-order chi connectivity index (χ0) is 16.8. The molecule has 2 N–H and O–H groups in total. The Kier molecular flexibility index (Phi) is 5.99. The molecule has 4 nitrogen and oxygen atoms in total. The van der Waals surface area contributed by atoms with Crippen LogP contribution in [-0.2, 0) is 11.2 Å². The first-order chi connectivity index (χ1) is 11.0. The van der Waals surface area contributed by atoms with Gasteiger partial charge in [0.2, 0.25) is 5.91 Å². The molecule has 0 bridgehead atoms. The summed E-state index contributed by atoms with van der Waals surface area (Å²) >= 11 is 0. The average Bonchev–Trinajstić information content (AvgIpc) is 3.00. The summed E-state index contributed by atoms with van der Waals surface area (Å²) in [5.41, 5.74) is 3.66. The minimum atomic E-state index is -0.695. The predicted octanol–water partition coefficient (Wildman–Crippen LogP) is 3.46. The number of carbonyl (C=O) groups is 1. The largest absolute Gasteiger partial charge is 0.467 e. The standard InChI is InChI=1S/C19H25NO3/c1-13-6-7-16(14(2)11-13)8-9-19(22)20-15(3)12-17(21)18-5-4-10-23-18/h4-7,10-11,15,17,21H,8-9,12H2,1-3H3,(H,20,22). The molecule has 0 fully saturated rings. The minimum absolute atomic E-state index is 0.00381. The van der Waals surface area contributed by atoms with E-state index in [1.165, 1.54) is 23.0 Å². The van der Waals surface area contributed by atoms with Gasteiger partial charge in [0.05, 0.1) is 6.26 Å². The summed E-state index contributed by atoms with van der Waals surface area (Å²) < 4.78 is 5.17. The van der Waals surface area contributed by atoms with Gasteiger partial charge < -0.3 is 14.8 Å². The Hall–Kier alpha value is -2.07. The Morgan fingerprint density at radius 2 is 2.09 bits per heavy atom. The highest BCUT2D eigenvalue weighted by atomic mass is 16.4. The Morgan fingerprint density at radius 1 is 1.30 bits per heavy atom. The molecule has 1 aromatic carbocycles. The van der Waals surface area contributed by atoms with E-state index in [2.05, 4.69) is 37.4 Å². The van der Waals surface area contributed by atoms with Gasteiger partial charge in [-0.15, -0.1) is 0 Å². The molecule has 0 aliphatic heterocycles. The van der Waals surface area contributed by atoms with Gasteiger partial charge in [-0.05, 0) is 50.5 Å². The Bertz CT molecular complexity index is 634. The van der Waals surface area contributed by atoms with Crippen LogP contribution >= 0.6 is 0 Å². The Labute approximate surface area is 137 Å². The van der Waals surface area contributed by atoms with Gasteiger partial charge in [-0.25, -0.2) is 0 Å². The molecule has 0 saturated heterocycles. The normalized spacial score (nSPS) is 13.6. The topological polar surface area (TPSA) is 62.5 Å². The molecule has 2 atom stereocenters. The quantitative estimate of drug-likeness (QED) is 0.822. The van der Waals surface area contributed by atoms with Crippen molar-refractivity contribution < 1.29 is 14.3 Å². The Balaban J connectivity index is 1.77. The van der Waals surface area contributed by atoms with Crippen molar-refractivity contribution >= 4 is 5.91 Å². The molecule has 2 unspecified atom stereocenters. The van der Waals surface area contributed by atoms with Crippen molar-refractivity contribution in [3.63, 3.8) is 0 Å². The lowest BCUT2D eigenvalue weighted by molar-refractivity contribution is -0.121. The lowest BCUT2D eigenvalue weighted by Gasteiger charge is -2.17. The molecule has 2 rings (SSSR count). The molecule has 2 aromatic rings. The summed E-state index contributed by atoms with van der Waals surface area (Å²) in [6.45, 7) is 6.03. The second-order valence-electron chi connectivity index (χ2n) is 6.17. The first kappa shape index (κ1) is 17.3. The molecule has 1 heterocycles.